The van der Waals surface area contributed by atoms with Gasteiger partial charge in [-0.1, -0.05) is 18.5 Å². The molecule has 0 bridgehead atoms. The number of rotatable bonds is 5. The molecule has 0 aliphatic heterocycles. The van der Waals surface area contributed by atoms with Gasteiger partial charge in [0.05, 0.1) is 9.40 Å². The fourth-order valence-corrected chi connectivity index (χ4v) is 2.14. The molecule has 0 radical (unpaired) electrons. The Hall–Kier alpha value is -1.34. The first-order valence-electron chi connectivity index (χ1n) is 4.89. The highest BCUT2D eigenvalue weighted by atomic mass is 79.9. The zero-order chi connectivity index (χ0) is 13.9. The van der Waals surface area contributed by atoms with Gasteiger partial charge in [-0.2, -0.15) is 0 Å². The maximum Gasteiger partial charge on any atom is 0.344 e. The van der Waals surface area contributed by atoms with Crippen molar-refractivity contribution in [3.63, 3.8) is 0 Å². The van der Waals surface area contributed by atoms with E-state index in [4.69, 9.17) is 21.4 Å². The van der Waals surface area contributed by atoms with Crippen LogP contribution in [0.3, 0.4) is 0 Å². The van der Waals surface area contributed by atoms with Gasteiger partial charge in [0.1, 0.15) is 0 Å². The van der Waals surface area contributed by atoms with Crippen LogP contribution in [-0.2, 0) is 4.79 Å². The zero-order valence-electron chi connectivity index (χ0n) is 9.22. The number of carboxylic acids is 1. The van der Waals surface area contributed by atoms with E-state index in [9.17, 15) is 14.9 Å². The molecule has 1 aromatic carbocycles. The highest BCUT2D eigenvalue weighted by Gasteiger charge is 2.25. The van der Waals surface area contributed by atoms with E-state index in [2.05, 4.69) is 15.9 Å². The van der Waals surface area contributed by atoms with Crippen molar-refractivity contribution in [2.45, 2.75) is 19.4 Å². The number of benzene rings is 1. The number of carboxylic acid groups (broad SMARTS) is 1. The molecule has 0 amide bonds. The first kappa shape index (κ1) is 14.7. The molecule has 0 heterocycles. The second kappa shape index (κ2) is 6.01. The lowest BCUT2D eigenvalue weighted by molar-refractivity contribution is -0.386. The van der Waals surface area contributed by atoms with Gasteiger partial charge in [-0.15, -0.1) is 0 Å². The molecule has 0 saturated carbocycles. The van der Waals surface area contributed by atoms with Gasteiger partial charge < -0.3 is 9.84 Å². The zero-order valence-corrected chi connectivity index (χ0v) is 11.6. The van der Waals surface area contributed by atoms with Crippen LogP contribution in [0.15, 0.2) is 16.6 Å². The van der Waals surface area contributed by atoms with Crippen molar-refractivity contribution in [1.29, 1.82) is 0 Å². The molecule has 0 aliphatic carbocycles. The van der Waals surface area contributed by atoms with Crippen LogP contribution in [0.25, 0.3) is 0 Å². The number of hydrogen-bond donors (Lipinski definition) is 1. The standard InChI is InChI=1S/C10H9BrClNO5/c1-2-8(10(14)15)18-9-6(11)3-5(12)4-7(9)13(16)17/h3-4,8H,2H2,1H3,(H,14,15). The van der Waals surface area contributed by atoms with Crippen LogP contribution >= 0.6 is 27.5 Å². The van der Waals surface area contributed by atoms with Crippen molar-refractivity contribution in [3.05, 3.63) is 31.7 Å². The van der Waals surface area contributed by atoms with Gasteiger partial charge in [0.25, 0.3) is 0 Å². The molecule has 1 atom stereocenters. The molecule has 18 heavy (non-hydrogen) atoms. The fraction of sp³-hybridized carbons (Fsp3) is 0.300. The van der Waals surface area contributed by atoms with Crippen LogP contribution in [0.2, 0.25) is 5.02 Å². The lowest BCUT2D eigenvalue weighted by Gasteiger charge is -2.14. The Morgan fingerprint density at radius 1 is 1.67 bits per heavy atom. The monoisotopic (exact) mass is 337 g/mol. The summed E-state index contributed by atoms with van der Waals surface area (Å²) in [6, 6.07) is 2.51. The van der Waals surface area contributed by atoms with Crippen molar-refractivity contribution in [2.24, 2.45) is 0 Å². The van der Waals surface area contributed by atoms with E-state index >= 15 is 0 Å². The van der Waals surface area contributed by atoms with E-state index in [1.165, 1.54) is 6.07 Å². The van der Waals surface area contributed by atoms with Gasteiger partial charge in [-0.05, 0) is 28.4 Å². The second-order valence-corrected chi connectivity index (χ2v) is 4.64. The van der Waals surface area contributed by atoms with Gasteiger partial charge in [-0.25, -0.2) is 4.79 Å². The van der Waals surface area contributed by atoms with E-state index < -0.39 is 17.0 Å². The minimum atomic E-state index is -1.19. The van der Waals surface area contributed by atoms with Gasteiger partial charge >= 0.3 is 11.7 Å². The summed E-state index contributed by atoms with van der Waals surface area (Å²) in [4.78, 5) is 21.0. The number of nitro benzene ring substituents is 1. The Kier molecular flexibility index (Phi) is 4.92. The summed E-state index contributed by atoms with van der Waals surface area (Å²) in [6.45, 7) is 1.61. The summed E-state index contributed by atoms with van der Waals surface area (Å²) in [5.41, 5.74) is -0.380. The van der Waals surface area contributed by atoms with E-state index in [0.29, 0.717) is 0 Å². The van der Waals surface area contributed by atoms with Crippen LogP contribution in [0.4, 0.5) is 5.69 Å². The molecule has 1 aromatic rings. The molecule has 0 fully saturated rings. The molecular weight excluding hydrogens is 329 g/mol. The number of nitrogens with zero attached hydrogens (tertiary/aromatic N) is 1. The van der Waals surface area contributed by atoms with Crippen molar-refractivity contribution >= 4 is 39.2 Å². The Morgan fingerprint density at radius 2 is 2.28 bits per heavy atom. The van der Waals surface area contributed by atoms with Crippen molar-refractivity contribution in [3.8, 4) is 5.75 Å². The third kappa shape index (κ3) is 3.33. The Bertz CT molecular complexity index is 493. The van der Waals surface area contributed by atoms with Crippen LogP contribution in [0.1, 0.15) is 13.3 Å². The largest absolute Gasteiger partial charge is 0.479 e. The predicted molar refractivity (Wildman–Crippen MR) is 68.1 cm³/mol. The molecule has 6 nitrogen and oxygen atoms in total. The predicted octanol–water partition coefficient (Wildman–Crippen LogP) is 3.25. The van der Waals surface area contributed by atoms with Crippen molar-refractivity contribution < 1.29 is 19.6 Å². The highest BCUT2D eigenvalue weighted by Crippen LogP contribution is 2.38. The molecule has 1 rings (SSSR count). The average Bonchev–Trinajstić information content (AvgIpc) is 2.26. The number of nitro groups is 1. The average molecular weight is 339 g/mol. The SMILES string of the molecule is CCC(Oc1c(Br)cc(Cl)cc1[N+](=O)[O-])C(=O)O. The molecular formula is C10H9BrClNO5. The Morgan fingerprint density at radius 3 is 2.72 bits per heavy atom. The molecule has 1 unspecified atom stereocenters. The molecule has 8 heteroatoms. The number of hydrogen-bond acceptors (Lipinski definition) is 4. The van der Waals surface area contributed by atoms with E-state index in [1.54, 1.807) is 6.92 Å². The Labute approximate surface area is 116 Å². The molecule has 0 spiro atoms. The topological polar surface area (TPSA) is 89.7 Å². The quantitative estimate of drug-likeness (QED) is 0.657. The maximum absolute atomic E-state index is 10.9. The summed E-state index contributed by atoms with van der Waals surface area (Å²) < 4.78 is 5.39. The summed E-state index contributed by atoms with van der Waals surface area (Å²) >= 11 is 8.76. The molecule has 98 valence electrons. The smallest absolute Gasteiger partial charge is 0.344 e. The third-order valence-electron chi connectivity index (χ3n) is 2.09. The van der Waals surface area contributed by atoms with Crippen LogP contribution in [-0.4, -0.2) is 22.1 Å². The van der Waals surface area contributed by atoms with Crippen LogP contribution in [0.5, 0.6) is 5.75 Å². The fourth-order valence-electron chi connectivity index (χ4n) is 1.25. The minimum Gasteiger partial charge on any atom is -0.479 e. The van der Waals surface area contributed by atoms with Gasteiger partial charge in [0, 0.05) is 11.1 Å². The van der Waals surface area contributed by atoms with Crippen molar-refractivity contribution in [1.82, 2.24) is 0 Å². The minimum absolute atomic E-state index is 0.140. The lowest BCUT2D eigenvalue weighted by atomic mass is 10.2. The summed E-state index contributed by atoms with van der Waals surface area (Å²) in [5, 5.41) is 19.9. The molecule has 0 aliphatic rings. The second-order valence-electron chi connectivity index (χ2n) is 3.35. The number of carbonyl (C=O) groups is 1. The molecule has 1 N–H and O–H groups in total. The Balaban J connectivity index is 3.22. The van der Waals surface area contributed by atoms with E-state index in [-0.39, 0.29) is 27.4 Å². The van der Waals surface area contributed by atoms with Crippen LogP contribution < -0.4 is 4.74 Å². The molecule has 0 saturated heterocycles. The summed E-state index contributed by atoms with van der Waals surface area (Å²) in [7, 11) is 0. The first-order valence-corrected chi connectivity index (χ1v) is 6.06. The van der Waals surface area contributed by atoms with Crippen molar-refractivity contribution in [2.75, 3.05) is 0 Å². The third-order valence-corrected chi connectivity index (χ3v) is 2.90. The van der Waals surface area contributed by atoms with Gasteiger partial charge in [0.15, 0.2) is 6.10 Å². The normalized spacial score (nSPS) is 11.9. The molecule has 0 aromatic heterocycles. The lowest BCUT2D eigenvalue weighted by Crippen LogP contribution is -2.26. The highest BCUT2D eigenvalue weighted by molar-refractivity contribution is 9.10. The van der Waals surface area contributed by atoms with Crippen LogP contribution in [0, 0.1) is 10.1 Å². The first-order chi connectivity index (χ1) is 8.36. The number of ether oxygens (including phenoxy) is 1. The summed E-state index contributed by atoms with van der Waals surface area (Å²) in [6.07, 6.45) is -0.970. The number of halogens is 2. The number of aliphatic carboxylic acids is 1. The van der Waals surface area contributed by atoms with E-state index in [0.717, 1.165) is 6.07 Å². The van der Waals surface area contributed by atoms with E-state index in [1.807, 2.05) is 0 Å². The van der Waals surface area contributed by atoms with Gasteiger partial charge in [0.2, 0.25) is 5.75 Å². The summed E-state index contributed by atoms with van der Waals surface area (Å²) in [5.74, 6) is -1.33. The van der Waals surface area contributed by atoms with Gasteiger partial charge in [-0.3, -0.25) is 10.1 Å². The maximum atomic E-state index is 10.9.